The Labute approximate surface area is 190 Å². The highest BCUT2D eigenvalue weighted by Crippen LogP contribution is 2.55. The summed E-state index contributed by atoms with van der Waals surface area (Å²) in [7, 11) is 1.01. The number of benzene rings is 1. The maximum atomic E-state index is 14.4. The van der Waals surface area contributed by atoms with E-state index in [0.29, 0.717) is 0 Å². The Bertz CT molecular complexity index is 1110. The second kappa shape index (κ2) is 9.24. The molecule has 2 heterocycles. The van der Waals surface area contributed by atoms with Crippen LogP contribution in [0.5, 0.6) is 5.75 Å². The third-order valence-electron chi connectivity index (χ3n) is 6.01. The standard InChI is InChI=1S/C22H20F6N2O4/c1-10-16(12-4-5-13(24)17(25)18(12)33-3)19(34-21(10,2)22(26,27)28)20(32)30-11-6-7-29-14(8-11)15(31)9-23/h4-8,10,16,19H,9H2,1-3H3,(H,29,30,32)/t10-,16-,19+,21+/m0/s1. The zero-order valence-electron chi connectivity index (χ0n) is 18.2. The van der Waals surface area contributed by atoms with Crippen LogP contribution in [0.25, 0.3) is 0 Å². The molecule has 1 amide bonds. The van der Waals surface area contributed by atoms with E-state index in [-0.39, 0.29) is 16.9 Å². The molecule has 184 valence electrons. The van der Waals surface area contributed by atoms with Gasteiger partial charge in [-0.15, -0.1) is 0 Å². The van der Waals surface area contributed by atoms with Crippen LogP contribution >= 0.6 is 0 Å². The number of aromatic nitrogens is 1. The molecule has 0 unspecified atom stereocenters. The summed E-state index contributed by atoms with van der Waals surface area (Å²) in [6.07, 6.45) is -5.62. The van der Waals surface area contributed by atoms with Crippen LogP contribution in [0.4, 0.5) is 32.0 Å². The quantitative estimate of drug-likeness (QED) is 0.473. The van der Waals surface area contributed by atoms with Crippen molar-refractivity contribution < 1.29 is 45.4 Å². The molecule has 12 heteroatoms. The molecule has 34 heavy (non-hydrogen) atoms. The Morgan fingerprint density at radius 3 is 2.50 bits per heavy atom. The van der Waals surface area contributed by atoms with E-state index in [9.17, 15) is 35.9 Å². The Kier molecular flexibility index (Phi) is 6.92. The van der Waals surface area contributed by atoms with Gasteiger partial charge in [0.05, 0.1) is 7.11 Å². The summed E-state index contributed by atoms with van der Waals surface area (Å²) < 4.78 is 92.8. The largest absolute Gasteiger partial charge is 0.493 e. The first-order valence-electron chi connectivity index (χ1n) is 9.98. The van der Waals surface area contributed by atoms with Crippen molar-refractivity contribution in [2.24, 2.45) is 5.92 Å². The number of amides is 1. The van der Waals surface area contributed by atoms with Gasteiger partial charge in [-0.2, -0.15) is 17.6 Å². The molecule has 1 aromatic heterocycles. The first kappa shape index (κ1) is 25.5. The van der Waals surface area contributed by atoms with Crippen molar-refractivity contribution in [2.75, 3.05) is 19.1 Å². The number of methoxy groups -OCH3 is 1. The lowest BCUT2D eigenvalue weighted by Gasteiger charge is -2.32. The van der Waals surface area contributed by atoms with E-state index in [1.54, 1.807) is 0 Å². The van der Waals surface area contributed by atoms with Crippen LogP contribution in [0.1, 0.15) is 35.8 Å². The van der Waals surface area contributed by atoms with Gasteiger partial charge in [0, 0.05) is 29.3 Å². The molecular weight excluding hydrogens is 470 g/mol. The summed E-state index contributed by atoms with van der Waals surface area (Å²) in [5.74, 6) is -8.19. The highest BCUT2D eigenvalue weighted by Gasteiger charge is 2.65. The normalized spacial score (nSPS) is 24.7. The maximum Gasteiger partial charge on any atom is 0.417 e. The van der Waals surface area contributed by atoms with Crippen LogP contribution in [-0.2, 0) is 9.53 Å². The van der Waals surface area contributed by atoms with Crippen molar-refractivity contribution in [2.45, 2.75) is 37.6 Å². The number of nitrogens with zero attached hydrogens (tertiary/aromatic N) is 1. The van der Waals surface area contributed by atoms with E-state index in [1.165, 1.54) is 13.0 Å². The lowest BCUT2D eigenvalue weighted by atomic mass is 9.77. The number of halogens is 6. The Morgan fingerprint density at radius 2 is 1.91 bits per heavy atom. The number of rotatable bonds is 6. The lowest BCUT2D eigenvalue weighted by Crippen LogP contribution is -2.47. The molecule has 0 bridgehead atoms. The van der Waals surface area contributed by atoms with Gasteiger partial charge in [-0.25, -0.2) is 8.78 Å². The van der Waals surface area contributed by atoms with Crippen molar-refractivity contribution in [1.29, 1.82) is 0 Å². The first-order chi connectivity index (χ1) is 15.9. The van der Waals surface area contributed by atoms with Gasteiger partial charge in [0.1, 0.15) is 11.8 Å². The van der Waals surface area contributed by atoms with E-state index in [0.717, 1.165) is 38.4 Å². The van der Waals surface area contributed by atoms with Gasteiger partial charge in [-0.1, -0.05) is 13.0 Å². The average molecular weight is 490 g/mol. The molecule has 0 aliphatic carbocycles. The zero-order valence-corrected chi connectivity index (χ0v) is 18.2. The monoisotopic (exact) mass is 490 g/mol. The number of hydrogen-bond donors (Lipinski definition) is 1. The smallest absolute Gasteiger partial charge is 0.417 e. The fourth-order valence-corrected chi connectivity index (χ4v) is 3.98. The number of hydrogen-bond acceptors (Lipinski definition) is 5. The van der Waals surface area contributed by atoms with Crippen LogP contribution < -0.4 is 10.1 Å². The van der Waals surface area contributed by atoms with Crippen LogP contribution in [-0.4, -0.2) is 48.3 Å². The van der Waals surface area contributed by atoms with Crippen LogP contribution in [0.3, 0.4) is 0 Å². The van der Waals surface area contributed by atoms with E-state index in [2.05, 4.69) is 10.3 Å². The number of carbonyl (C=O) groups excluding carboxylic acids is 2. The number of Topliss-reactive ketones (excluding diaryl/α,β-unsaturated/α-hetero) is 1. The Hall–Kier alpha value is -3.15. The second-order valence-corrected chi connectivity index (χ2v) is 7.92. The predicted molar refractivity (Wildman–Crippen MR) is 107 cm³/mol. The minimum atomic E-state index is -4.91. The first-order valence-corrected chi connectivity index (χ1v) is 9.98. The molecule has 1 fully saturated rings. The van der Waals surface area contributed by atoms with Gasteiger partial charge in [-0.05, 0) is 25.1 Å². The van der Waals surface area contributed by atoms with E-state index >= 15 is 0 Å². The van der Waals surface area contributed by atoms with Crippen LogP contribution in [0.15, 0.2) is 30.5 Å². The highest BCUT2D eigenvalue weighted by atomic mass is 19.4. The van der Waals surface area contributed by atoms with Crippen LogP contribution in [0, 0.1) is 17.6 Å². The topological polar surface area (TPSA) is 77.5 Å². The van der Waals surface area contributed by atoms with Crippen molar-refractivity contribution in [3.8, 4) is 5.75 Å². The highest BCUT2D eigenvalue weighted by molar-refractivity contribution is 5.99. The summed E-state index contributed by atoms with van der Waals surface area (Å²) in [6.45, 7) is 0.598. The zero-order chi connectivity index (χ0) is 25.4. The van der Waals surface area contributed by atoms with Gasteiger partial charge >= 0.3 is 6.18 Å². The minimum absolute atomic E-state index is 0.0512. The summed E-state index contributed by atoms with van der Waals surface area (Å²) in [5.41, 5.74) is -3.36. The predicted octanol–water partition coefficient (Wildman–Crippen LogP) is 4.60. The molecule has 0 saturated carbocycles. The Morgan fingerprint density at radius 1 is 1.24 bits per heavy atom. The molecule has 0 radical (unpaired) electrons. The minimum Gasteiger partial charge on any atom is -0.493 e. The van der Waals surface area contributed by atoms with E-state index in [1.807, 2.05) is 0 Å². The number of pyridine rings is 1. The van der Waals surface area contributed by atoms with Gasteiger partial charge in [0.15, 0.2) is 23.8 Å². The van der Waals surface area contributed by atoms with Crippen molar-refractivity contribution >= 4 is 17.4 Å². The fraction of sp³-hybridized carbons (Fsp3) is 0.409. The van der Waals surface area contributed by atoms with Crippen molar-refractivity contribution in [3.63, 3.8) is 0 Å². The van der Waals surface area contributed by atoms with Gasteiger partial charge in [-0.3, -0.25) is 14.6 Å². The Balaban J connectivity index is 2.06. The molecule has 6 nitrogen and oxygen atoms in total. The molecule has 1 aliphatic heterocycles. The number of alkyl halides is 4. The molecule has 4 atom stereocenters. The van der Waals surface area contributed by atoms with E-state index < -0.39 is 65.5 Å². The molecule has 2 aromatic rings. The summed E-state index contributed by atoms with van der Waals surface area (Å²) >= 11 is 0. The number of ketones is 1. The number of ether oxygens (including phenoxy) is 2. The molecule has 0 spiro atoms. The summed E-state index contributed by atoms with van der Waals surface area (Å²) in [4.78, 5) is 28.3. The van der Waals surface area contributed by atoms with Gasteiger partial charge < -0.3 is 14.8 Å². The number of nitrogens with one attached hydrogen (secondary N) is 1. The summed E-state index contributed by atoms with van der Waals surface area (Å²) in [5, 5.41) is 2.32. The average Bonchev–Trinajstić information content (AvgIpc) is 3.07. The van der Waals surface area contributed by atoms with Crippen molar-refractivity contribution in [1.82, 2.24) is 4.98 Å². The molecule has 1 N–H and O–H groups in total. The molecule has 1 saturated heterocycles. The fourth-order valence-electron chi connectivity index (χ4n) is 3.98. The maximum absolute atomic E-state index is 14.4. The second-order valence-electron chi connectivity index (χ2n) is 7.92. The molecule has 3 rings (SSSR count). The molecular formula is C22H20F6N2O4. The van der Waals surface area contributed by atoms with Gasteiger partial charge in [0.2, 0.25) is 11.6 Å². The summed E-state index contributed by atoms with van der Waals surface area (Å²) in [6, 6.07) is 4.04. The molecule has 1 aromatic carbocycles. The van der Waals surface area contributed by atoms with Gasteiger partial charge in [0.25, 0.3) is 5.91 Å². The van der Waals surface area contributed by atoms with E-state index in [4.69, 9.17) is 9.47 Å². The van der Waals surface area contributed by atoms with Crippen LogP contribution in [0.2, 0.25) is 0 Å². The van der Waals surface area contributed by atoms with Crippen molar-refractivity contribution in [3.05, 3.63) is 53.4 Å². The third kappa shape index (κ3) is 4.33. The molecule has 1 aliphatic rings. The SMILES string of the molecule is COc1c([C@H]2[C@H](C(=O)Nc3ccnc(C(=O)CF)c3)O[C@@](C)(C(F)(F)F)[C@H]2C)ccc(F)c1F. The number of anilines is 1. The lowest BCUT2D eigenvalue weighted by molar-refractivity contribution is -0.272. The number of carbonyl (C=O) groups is 2. The third-order valence-corrected chi connectivity index (χ3v) is 6.01.